The van der Waals surface area contributed by atoms with E-state index < -0.39 is 11.6 Å². The lowest BCUT2D eigenvalue weighted by atomic mass is 10.3. The number of nitrogens with one attached hydrogen (secondary N) is 1. The summed E-state index contributed by atoms with van der Waals surface area (Å²) in [5.41, 5.74) is 0.646. The molecule has 0 unspecified atom stereocenters. The first-order valence-corrected chi connectivity index (χ1v) is 4.57. The van der Waals surface area contributed by atoms with Gasteiger partial charge in [-0.15, -0.1) is 0 Å². The monoisotopic (exact) mass is 222 g/mol. The van der Waals surface area contributed by atoms with Gasteiger partial charge in [0.05, 0.1) is 18.4 Å². The van der Waals surface area contributed by atoms with Crippen LogP contribution < -0.4 is 5.32 Å². The zero-order valence-electron chi connectivity index (χ0n) is 8.19. The predicted molar refractivity (Wildman–Crippen MR) is 53.5 cm³/mol. The van der Waals surface area contributed by atoms with Gasteiger partial charge in [-0.2, -0.15) is 10.2 Å². The Labute approximate surface area is 90.4 Å². The quantitative estimate of drug-likeness (QED) is 0.859. The average molecular weight is 222 g/mol. The summed E-state index contributed by atoms with van der Waals surface area (Å²) in [5, 5.41) is 10.2. The Morgan fingerprint density at radius 2 is 2.19 bits per heavy atom. The van der Waals surface area contributed by atoms with Crippen LogP contribution in [0, 0.1) is 11.6 Å². The normalized spacial score (nSPS) is 10.1. The van der Waals surface area contributed by atoms with Crippen LogP contribution in [0.2, 0.25) is 0 Å². The van der Waals surface area contributed by atoms with E-state index in [2.05, 4.69) is 20.5 Å². The zero-order valence-corrected chi connectivity index (χ0v) is 8.19. The molecule has 2 aromatic rings. The number of nitrogens with zero attached hydrogens (tertiary/aromatic N) is 3. The van der Waals surface area contributed by atoms with Gasteiger partial charge in [0.2, 0.25) is 0 Å². The van der Waals surface area contributed by atoms with Gasteiger partial charge >= 0.3 is 0 Å². The zero-order chi connectivity index (χ0) is 11.4. The van der Waals surface area contributed by atoms with Crippen LogP contribution in [0.1, 0.15) is 5.69 Å². The van der Waals surface area contributed by atoms with Crippen LogP contribution in [0.5, 0.6) is 0 Å². The Kier molecular flexibility index (Phi) is 3.00. The maximum atomic E-state index is 13.2. The van der Waals surface area contributed by atoms with Crippen LogP contribution in [0.4, 0.5) is 14.6 Å². The van der Waals surface area contributed by atoms with E-state index in [1.54, 1.807) is 18.3 Å². The molecule has 6 heteroatoms. The summed E-state index contributed by atoms with van der Waals surface area (Å²) in [5.74, 6) is -1.45. The number of aromatic nitrogens is 3. The Bertz CT molecular complexity index is 476. The standard InChI is InChI=1S/C10H8F2N4/c11-7-4-9(12)10(13-5-7)14-6-8-2-1-3-15-16-8/h1-5H,6H2,(H,13,14). The molecule has 0 amide bonds. The lowest BCUT2D eigenvalue weighted by Gasteiger charge is -2.04. The highest BCUT2D eigenvalue weighted by molar-refractivity contribution is 5.36. The van der Waals surface area contributed by atoms with Crippen molar-refractivity contribution in [1.82, 2.24) is 15.2 Å². The van der Waals surface area contributed by atoms with E-state index in [4.69, 9.17) is 0 Å². The third-order valence-electron chi connectivity index (χ3n) is 1.87. The largest absolute Gasteiger partial charge is 0.362 e. The molecule has 2 heterocycles. The van der Waals surface area contributed by atoms with Gasteiger partial charge < -0.3 is 5.32 Å². The van der Waals surface area contributed by atoms with Crippen molar-refractivity contribution in [3.63, 3.8) is 0 Å². The van der Waals surface area contributed by atoms with Gasteiger partial charge in [-0.3, -0.25) is 0 Å². The van der Waals surface area contributed by atoms with Crippen molar-refractivity contribution in [2.45, 2.75) is 6.54 Å². The summed E-state index contributed by atoms with van der Waals surface area (Å²) in [6.07, 6.45) is 2.49. The minimum absolute atomic E-state index is 0.00736. The number of hydrogen-bond acceptors (Lipinski definition) is 4. The maximum absolute atomic E-state index is 13.2. The first-order valence-electron chi connectivity index (χ1n) is 4.57. The highest BCUT2D eigenvalue weighted by atomic mass is 19.1. The van der Waals surface area contributed by atoms with Crippen molar-refractivity contribution in [3.05, 3.63) is 47.9 Å². The van der Waals surface area contributed by atoms with Gasteiger partial charge in [0.25, 0.3) is 0 Å². The second-order valence-electron chi connectivity index (χ2n) is 3.05. The van der Waals surface area contributed by atoms with Crippen molar-refractivity contribution in [1.29, 1.82) is 0 Å². The third-order valence-corrected chi connectivity index (χ3v) is 1.87. The van der Waals surface area contributed by atoms with Gasteiger partial charge in [-0.1, -0.05) is 0 Å². The minimum Gasteiger partial charge on any atom is -0.362 e. The van der Waals surface area contributed by atoms with Crippen molar-refractivity contribution < 1.29 is 8.78 Å². The van der Waals surface area contributed by atoms with E-state index in [9.17, 15) is 8.78 Å². The Hall–Kier alpha value is -2.11. The second-order valence-corrected chi connectivity index (χ2v) is 3.05. The van der Waals surface area contributed by atoms with Crippen LogP contribution in [0.3, 0.4) is 0 Å². The molecule has 0 aliphatic heterocycles. The van der Waals surface area contributed by atoms with Gasteiger partial charge in [-0.25, -0.2) is 13.8 Å². The fourth-order valence-corrected chi connectivity index (χ4v) is 1.15. The highest BCUT2D eigenvalue weighted by Crippen LogP contribution is 2.11. The Balaban J connectivity index is 2.05. The van der Waals surface area contributed by atoms with Crippen LogP contribution in [-0.2, 0) is 6.54 Å². The van der Waals surface area contributed by atoms with E-state index >= 15 is 0 Å². The van der Waals surface area contributed by atoms with E-state index in [-0.39, 0.29) is 12.4 Å². The molecule has 82 valence electrons. The molecule has 1 N–H and O–H groups in total. The molecule has 0 atom stereocenters. The minimum atomic E-state index is -0.733. The molecular formula is C10H8F2N4. The SMILES string of the molecule is Fc1cnc(NCc2cccnn2)c(F)c1. The Morgan fingerprint density at radius 1 is 1.31 bits per heavy atom. The summed E-state index contributed by atoms with van der Waals surface area (Å²) in [6, 6.07) is 4.23. The Morgan fingerprint density at radius 3 is 2.88 bits per heavy atom. The van der Waals surface area contributed by atoms with E-state index in [0.717, 1.165) is 12.3 Å². The molecule has 0 saturated heterocycles. The van der Waals surface area contributed by atoms with Crippen LogP contribution >= 0.6 is 0 Å². The molecule has 0 aromatic carbocycles. The topological polar surface area (TPSA) is 50.7 Å². The molecule has 0 aliphatic rings. The van der Waals surface area contributed by atoms with E-state index in [0.29, 0.717) is 5.69 Å². The molecule has 2 aromatic heterocycles. The summed E-state index contributed by atoms with van der Waals surface area (Å²) in [7, 11) is 0. The lowest BCUT2D eigenvalue weighted by Crippen LogP contribution is -2.05. The molecule has 16 heavy (non-hydrogen) atoms. The number of halogens is 2. The summed E-state index contributed by atoms with van der Waals surface area (Å²) in [6.45, 7) is 0.281. The predicted octanol–water partition coefficient (Wildman–Crippen LogP) is 1.76. The van der Waals surface area contributed by atoms with Gasteiger partial charge in [0.1, 0.15) is 5.82 Å². The van der Waals surface area contributed by atoms with Crippen LogP contribution in [0.15, 0.2) is 30.6 Å². The molecule has 0 bridgehead atoms. The molecule has 0 radical (unpaired) electrons. The highest BCUT2D eigenvalue weighted by Gasteiger charge is 2.04. The first kappa shape index (κ1) is 10.4. The summed E-state index contributed by atoms with van der Waals surface area (Å²) in [4.78, 5) is 3.58. The lowest BCUT2D eigenvalue weighted by molar-refractivity contribution is 0.575. The molecule has 0 saturated carbocycles. The molecule has 2 rings (SSSR count). The second kappa shape index (κ2) is 4.61. The molecule has 0 fully saturated rings. The summed E-state index contributed by atoms with van der Waals surface area (Å²) < 4.78 is 25.7. The number of rotatable bonds is 3. The molecule has 4 nitrogen and oxygen atoms in total. The summed E-state index contributed by atoms with van der Waals surface area (Å²) >= 11 is 0. The number of hydrogen-bond donors (Lipinski definition) is 1. The van der Waals surface area contributed by atoms with Crippen molar-refractivity contribution in [2.24, 2.45) is 0 Å². The number of pyridine rings is 1. The average Bonchev–Trinajstić information content (AvgIpc) is 2.29. The van der Waals surface area contributed by atoms with E-state index in [1.165, 1.54) is 0 Å². The van der Waals surface area contributed by atoms with Crippen molar-refractivity contribution in [2.75, 3.05) is 5.32 Å². The molecule has 0 aliphatic carbocycles. The van der Waals surface area contributed by atoms with Crippen LogP contribution in [0.25, 0.3) is 0 Å². The molecule has 0 spiro atoms. The number of anilines is 1. The maximum Gasteiger partial charge on any atom is 0.168 e. The molecular weight excluding hydrogens is 214 g/mol. The smallest absolute Gasteiger partial charge is 0.168 e. The van der Waals surface area contributed by atoms with E-state index in [1.807, 2.05) is 0 Å². The van der Waals surface area contributed by atoms with Gasteiger partial charge in [0, 0.05) is 12.3 Å². The fraction of sp³-hybridized carbons (Fsp3) is 0.100. The van der Waals surface area contributed by atoms with Crippen molar-refractivity contribution in [3.8, 4) is 0 Å². The third kappa shape index (κ3) is 2.47. The van der Waals surface area contributed by atoms with Crippen LogP contribution in [-0.4, -0.2) is 15.2 Å². The van der Waals surface area contributed by atoms with Crippen molar-refractivity contribution >= 4 is 5.82 Å². The fourth-order valence-electron chi connectivity index (χ4n) is 1.15. The first-order chi connectivity index (χ1) is 7.75. The van der Waals surface area contributed by atoms with Gasteiger partial charge in [0.15, 0.2) is 11.6 Å². The van der Waals surface area contributed by atoms with Gasteiger partial charge in [-0.05, 0) is 12.1 Å².